The van der Waals surface area contributed by atoms with Gasteiger partial charge in [0.15, 0.2) is 0 Å². The van der Waals surface area contributed by atoms with Crippen LogP contribution in [0.3, 0.4) is 0 Å². The summed E-state index contributed by atoms with van der Waals surface area (Å²) in [5.74, 6) is 0.354. The van der Waals surface area contributed by atoms with E-state index in [0.717, 1.165) is 50.3 Å². The number of aromatic amines is 1. The highest BCUT2D eigenvalue weighted by Gasteiger charge is 2.54. The second-order valence-corrected chi connectivity index (χ2v) is 8.83. The molecule has 0 radical (unpaired) electrons. The minimum Gasteiger partial charge on any atom is -0.324 e. The predicted octanol–water partition coefficient (Wildman–Crippen LogP) is 2.48. The molecule has 8 nitrogen and oxygen atoms in total. The first-order valence-electron chi connectivity index (χ1n) is 10.1. The van der Waals surface area contributed by atoms with Crippen molar-refractivity contribution in [2.45, 2.75) is 37.8 Å². The van der Waals surface area contributed by atoms with E-state index < -0.39 is 12.0 Å². The lowest BCUT2D eigenvalue weighted by molar-refractivity contribution is -0.145. The van der Waals surface area contributed by atoms with E-state index in [9.17, 15) is 18.0 Å². The molecule has 11 heteroatoms. The number of halogens is 3. The second kappa shape index (κ2) is 6.92. The third-order valence-electron chi connectivity index (χ3n) is 6.53. The number of rotatable bonds is 3. The molecule has 2 aromatic heterocycles. The van der Waals surface area contributed by atoms with Crippen molar-refractivity contribution >= 4 is 6.03 Å². The van der Waals surface area contributed by atoms with Gasteiger partial charge in [0.25, 0.3) is 0 Å². The van der Waals surface area contributed by atoms with Gasteiger partial charge in [-0.3, -0.25) is 5.10 Å². The lowest BCUT2D eigenvalue weighted by Crippen LogP contribution is -2.65. The van der Waals surface area contributed by atoms with Crippen LogP contribution >= 0.6 is 0 Å². The summed E-state index contributed by atoms with van der Waals surface area (Å²) in [7, 11) is 0. The third-order valence-corrected chi connectivity index (χ3v) is 6.53. The van der Waals surface area contributed by atoms with Crippen molar-refractivity contribution < 1.29 is 18.0 Å². The average Bonchev–Trinajstić information content (AvgIpc) is 3.33. The molecule has 0 aromatic carbocycles. The zero-order valence-electron chi connectivity index (χ0n) is 16.3. The van der Waals surface area contributed by atoms with Crippen molar-refractivity contribution in [2.24, 2.45) is 11.3 Å². The number of carbonyl (C=O) groups is 1. The molecule has 4 heterocycles. The number of hydrogen-bond acceptors (Lipinski definition) is 5. The molecule has 1 atom stereocenters. The fraction of sp³-hybridized carbons (Fsp3) is 0.632. The monoisotopic (exact) mass is 421 g/mol. The van der Waals surface area contributed by atoms with Crippen LogP contribution in [-0.2, 0) is 12.6 Å². The van der Waals surface area contributed by atoms with Crippen molar-refractivity contribution in [3.63, 3.8) is 0 Å². The highest BCUT2D eigenvalue weighted by Crippen LogP contribution is 2.53. The van der Waals surface area contributed by atoms with Crippen LogP contribution in [0.2, 0.25) is 0 Å². The van der Waals surface area contributed by atoms with Gasteiger partial charge in [-0.05, 0) is 37.2 Å². The van der Waals surface area contributed by atoms with Gasteiger partial charge in [-0.15, -0.1) is 0 Å². The lowest BCUT2D eigenvalue weighted by atomic mass is 9.56. The number of aromatic nitrogens is 5. The van der Waals surface area contributed by atoms with Gasteiger partial charge in [0.05, 0.1) is 0 Å². The van der Waals surface area contributed by atoms with E-state index in [2.05, 4.69) is 25.1 Å². The molecular weight excluding hydrogens is 399 g/mol. The van der Waals surface area contributed by atoms with Crippen LogP contribution in [0.5, 0.6) is 0 Å². The minimum absolute atomic E-state index is 0.0854. The van der Waals surface area contributed by atoms with Crippen LogP contribution in [0.1, 0.15) is 42.4 Å². The molecule has 2 aliphatic heterocycles. The Morgan fingerprint density at radius 3 is 2.53 bits per heavy atom. The molecule has 5 rings (SSSR count). The smallest absolute Gasteiger partial charge is 0.324 e. The van der Waals surface area contributed by atoms with Crippen LogP contribution in [0.15, 0.2) is 18.7 Å². The number of H-pyrrole nitrogens is 1. The molecule has 3 fully saturated rings. The molecule has 2 aromatic rings. The zero-order chi connectivity index (χ0) is 20.9. The van der Waals surface area contributed by atoms with Crippen LogP contribution in [0.4, 0.5) is 18.0 Å². The largest absolute Gasteiger partial charge is 0.451 e. The zero-order valence-corrected chi connectivity index (χ0v) is 16.3. The van der Waals surface area contributed by atoms with Crippen LogP contribution in [-0.4, -0.2) is 67.2 Å². The summed E-state index contributed by atoms with van der Waals surface area (Å²) in [5, 5.41) is 6.77. The summed E-state index contributed by atoms with van der Waals surface area (Å²) in [6.45, 7) is 2.91. The summed E-state index contributed by atoms with van der Waals surface area (Å²) in [6.07, 6.45) is 3.06. The van der Waals surface area contributed by atoms with Gasteiger partial charge in [-0.2, -0.15) is 18.3 Å². The van der Waals surface area contributed by atoms with Gasteiger partial charge in [-0.1, -0.05) is 0 Å². The Kier molecular flexibility index (Phi) is 4.44. The minimum atomic E-state index is -4.51. The number of likely N-dealkylation sites (tertiary alicyclic amines) is 2. The molecule has 1 N–H and O–H groups in total. The predicted molar refractivity (Wildman–Crippen MR) is 98.2 cm³/mol. The number of amides is 2. The van der Waals surface area contributed by atoms with E-state index in [1.54, 1.807) is 0 Å². The van der Waals surface area contributed by atoms with E-state index in [-0.39, 0.29) is 17.4 Å². The molecule has 1 saturated carbocycles. The van der Waals surface area contributed by atoms with Crippen molar-refractivity contribution in [1.29, 1.82) is 0 Å². The molecule has 0 unspecified atom stereocenters. The summed E-state index contributed by atoms with van der Waals surface area (Å²) < 4.78 is 37.7. The van der Waals surface area contributed by atoms with Crippen molar-refractivity contribution in [2.75, 3.05) is 26.2 Å². The van der Waals surface area contributed by atoms with Gasteiger partial charge in [0.2, 0.25) is 5.82 Å². The first-order valence-corrected chi connectivity index (χ1v) is 10.1. The number of urea groups is 1. The quantitative estimate of drug-likeness (QED) is 0.822. The number of alkyl halides is 3. The highest BCUT2D eigenvalue weighted by atomic mass is 19.4. The number of carbonyl (C=O) groups excluding carboxylic acids is 1. The Morgan fingerprint density at radius 1 is 1.17 bits per heavy atom. The third kappa shape index (κ3) is 3.50. The van der Waals surface area contributed by atoms with Crippen molar-refractivity contribution in [3.05, 3.63) is 35.9 Å². The standard InChI is InChI=1S/C19H22F3N7O/c20-19(21,22)16-23-6-13(7-24-16)3-12-4-18(5-12)9-29(10-18)17(30)28-2-1-14(8-28)15-25-11-26-27-15/h6-7,11-12,14H,1-5,8-10H2,(H,25,26,27)/t14-/m0/s1. The summed E-state index contributed by atoms with van der Waals surface area (Å²) >= 11 is 0. The number of nitrogens with one attached hydrogen (secondary N) is 1. The van der Waals surface area contributed by atoms with E-state index in [1.807, 2.05) is 9.80 Å². The Labute approximate surface area is 170 Å². The van der Waals surface area contributed by atoms with Gasteiger partial charge < -0.3 is 9.80 Å². The fourth-order valence-electron chi connectivity index (χ4n) is 5.17. The number of nitrogens with zero attached hydrogens (tertiary/aromatic N) is 6. The normalized spacial score (nSPS) is 23.5. The van der Waals surface area contributed by atoms with Crippen LogP contribution in [0, 0.1) is 11.3 Å². The molecule has 30 heavy (non-hydrogen) atoms. The Hall–Kier alpha value is -2.72. The molecular formula is C19H22F3N7O. The number of hydrogen-bond donors (Lipinski definition) is 1. The summed E-state index contributed by atoms with van der Waals surface area (Å²) in [5.41, 5.74) is 0.905. The molecule has 1 spiro atoms. The maximum Gasteiger partial charge on any atom is 0.451 e. The van der Waals surface area contributed by atoms with Gasteiger partial charge >= 0.3 is 12.2 Å². The fourth-order valence-corrected chi connectivity index (χ4v) is 5.17. The Bertz CT molecular complexity index is 901. The summed E-state index contributed by atoms with van der Waals surface area (Å²) in [6, 6.07) is 0.0854. The van der Waals surface area contributed by atoms with Crippen LogP contribution < -0.4 is 0 Å². The van der Waals surface area contributed by atoms with Crippen LogP contribution in [0.25, 0.3) is 0 Å². The van der Waals surface area contributed by atoms with Crippen molar-refractivity contribution in [1.82, 2.24) is 34.9 Å². The van der Waals surface area contributed by atoms with Gasteiger partial charge in [0, 0.05) is 49.9 Å². The second-order valence-electron chi connectivity index (χ2n) is 8.83. The molecule has 1 aliphatic carbocycles. The van der Waals surface area contributed by atoms with E-state index in [0.29, 0.717) is 18.9 Å². The maximum absolute atomic E-state index is 12.8. The molecule has 0 bridgehead atoms. The lowest BCUT2D eigenvalue weighted by Gasteiger charge is -2.59. The topological polar surface area (TPSA) is 90.9 Å². The Balaban J connectivity index is 1.08. The van der Waals surface area contributed by atoms with E-state index in [1.165, 1.54) is 18.7 Å². The molecule has 2 saturated heterocycles. The van der Waals surface area contributed by atoms with E-state index >= 15 is 0 Å². The van der Waals surface area contributed by atoms with E-state index in [4.69, 9.17) is 0 Å². The maximum atomic E-state index is 12.8. The SMILES string of the molecule is O=C(N1CC[C@H](c2ncn[nH]2)C1)N1CC2(CC(Cc3cnc(C(F)(F)F)nc3)C2)C1. The Morgan fingerprint density at radius 2 is 1.90 bits per heavy atom. The molecule has 3 aliphatic rings. The molecule has 160 valence electrons. The average molecular weight is 421 g/mol. The first-order chi connectivity index (χ1) is 14.3. The summed E-state index contributed by atoms with van der Waals surface area (Å²) in [4.78, 5) is 27.6. The van der Waals surface area contributed by atoms with Gasteiger partial charge in [-0.25, -0.2) is 19.7 Å². The van der Waals surface area contributed by atoms with Crippen molar-refractivity contribution in [3.8, 4) is 0 Å². The van der Waals surface area contributed by atoms with Gasteiger partial charge in [0.1, 0.15) is 12.2 Å². The molecule has 2 amide bonds. The first kappa shape index (κ1) is 19.3. The highest BCUT2D eigenvalue weighted by molar-refractivity contribution is 5.76.